The zero-order valence-corrected chi connectivity index (χ0v) is 7.73. The maximum absolute atomic E-state index is 3.60. The number of hydrogen-bond acceptors (Lipinski definition) is 0. The van der Waals surface area contributed by atoms with E-state index in [4.69, 9.17) is 0 Å². The van der Waals surface area contributed by atoms with Crippen LogP contribution in [0.2, 0.25) is 0 Å². The fourth-order valence-electron chi connectivity index (χ4n) is 0. The van der Waals surface area contributed by atoms with Crippen LogP contribution >= 0.6 is 0 Å². The van der Waals surface area contributed by atoms with Crippen LogP contribution in [0.3, 0.4) is 0 Å². The van der Waals surface area contributed by atoms with E-state index in [-0.39, 0.29) is 41.1 Å². The average Bonchev–Trinajstić information content (AvgIpc) is 1.37. The van der Waals surface area contributed by atoms with Crippen molar-refractivity contribution in [2.45, 2.75) is 19.8 Å². The van der Waals surface area contributed by atoms with Gasteiger partial charge in [-0.3, -0.25) is 0 Å². The first-order valence-corrected chi connectivity index (χ1v) is 1.71. The molecule has 6 heavy (non-hydrogen) atoms. The van der Waals surface area contributed by atoms with Crippen LogP contribution in [-0.4, -0.2) is 0 Å². The topological polar surface area (TPSA) is 28.5 Å². The predicted octanol–water partition coefficient (Wildman–Crippen LogP) is 1.50. The predicted molar refractivity (Wildman–Crippen MR) is 21.0 cm³/mol. The van der Waals surface area contributed by atoms with E-state index in [0.717, 1.165) is 6.42 Å². The van der Waals surface area contributed by atoms with Crippen molar-refractivity contribution in [3.05, 3.63) is 6.92 Å². The number of unbranched alkanes of at least 4 members (excludes halogenated alkanes) is 1. The first-order valence-electron chi connectivity index (χ1n) is 1.71. The average molecular weight is 212 g/mol. The molecule has 0 N–H and O–H groups in total. The van der Waals surface area contributed by atoms with Crippen LogP contribution in [-0.2, 0) is 5.48 Å². The molecular weight excluding hydrogens is 203 g/mol. The van der Waals surface area contributed by atoms with Gasteiger partial charge in [-0.05, 0) is 0 Å². The molecule has 0 atom stereocenters. The fourth-order valence-corrected chi connectivity index (χ4v) is 0. The monoisotopic (exact) mass is 212 g/mol. The maximum atomic E-state index is 3.60. The Morgan fingerprint density at radius 1 is 1.50 bits per heavy atom. The Hall–Kier alpha value is 1.15. The Morgan fingerprint density at radius 2 is 1.67 bits per heavy atom. The van der Waals surface area contributed by atoms with Crippen molar-refractivity contribution in [2.75, 3.05) is 0 Å². The third-order valence-corrected chi connectivity index (χ3v) is 0.354. The standard InChI is InChI=1S/C4H9.La.O/c1-3-4-2;;/h1,3-4H2,2H3;;/q-1;+3;-2. The number of hydrogen-bond donors (Lipinski definition) is 0. The van der Waals surface area contributed by atoms with Crippen molar-refractivity contribution in [3.63, 3.8) is 0 Å². The summed E-state index contributed by atoms with van der Waals surface area (Å²) in [4.78, 5) is 0. The Labute approximate surface area is 67.4 Å². The third kappa shape index (κ3) is 19.2. The zero-order chi connectivity index (χ0) is 3.41. The van der Waals surface area contributed by atoms with Crippen molar-refractivity contribution in [1.29, 1.82) is 0 Å². The van der Waals surface area contributed by atoms with Crippen LogP contribution in [0.5, 0.6) is 0 Å². The molecule has 0 spiro atoms. The molecule has 0 saturated carbocycles. The summed E-state index contributed by atoms with van der Waals surface area (Å²) in [5, 5.41) is 0. The summed E-state index contributed by atoms with van der Waals surface area (Å²) in [6, 6.07) is 0. The van der Waals surface area contributed by atoms with Crippen LogP contribution in [0.15, 0.2) is 0 Å². The molecule has 0 radical (unpaired) electrons. The molecule has 0 aromatic rings. The van der Waals surface area contributed by atoms with Gasteiger partial charge in [0, 0.05) is 0 Å². The van der Waals surface area contributed by atoms with Gasteiger partial charge in [0.2, 0.25) is 0 Å². The molecule has 0 rings (SSSR count). The van der Waals surface area contributed by atoms with Gasteiger partial charge < -0.3 is 12.4 Å². The summed E-state index contributed by atoms with van der Waals surface area (Å²) in [5.41, 5.74) is 0. The fraction of sp³-hybridized carbons (Fsp3) is 0.750. The molecule has 0 aromatic heterocycles. The molecule has 0 aromatic carbocycles. The van der Waals surface area contributed by atoms with Crippen LogP contribution < -0.4 is 0 Å². The Kier molecular flexibility index (Phi) is 43.0. The van der Waals surface area contributed by atoms with E-state index in [2.05, 4.69) is 13.8 Å². The van der Waals surface area contributed by atoms with E-state index in [0.29, 0.717) is 0 Å². The quantitative estimate of drug-likeness (QED) is 0.589. The van der Waals surface area contributed by atoms with E-state index < -0.39 is 0 Å². The van der Waals surface area contributed by atoms with Crippen molar-refractivity contribution in [3.8, 4) is 0 Å². The smallest absolute Gasteiger partial charge is 2.00 e. The molecule has 0 saturated heterocycles. The molecule has 0 aliphatic heterocycles. The first-order chi connectivity index (χ1) is 1.91. The molecule has 34 valence electrons. The first kappa shape index (κ1) is 15.7. The van der Waals surface area contributed by atoms with Crippen molar-refractivity contribution >= 4 is 0 Å². The van der Waals surface area contributed by atoms with Crippen LogP contribution in [0.4, 0.5) is 0 Å². The number of rotatable bonds is 1. The zero-order valence-electron chi connectivity index (χ0n) is 4.11. The summed E-state index contributed by atoms with van der Waals surface area (Å²) in [6.45, 7) is 5.72. The van der Waals surface area contributed by atoms with Crippen LogP contribution in [0, 0.1) is 42.5 Å². The van der Waals surface area contributed by atoms with Gasteiger partial charge in [0.15, 0.2) is 0 Å². The van der Waals surface area contributed by atoms with Crippen LogP contribution in [0.1, 0.15) is 19.8 Å². The molecular formula is C4H9LaO. The molecule has 0 amide bonds. The molecule has 2 heteroatoms. The molecule has 1 nitrogen and oxygen atoms in total. The van der Waals surface area contributed by atoms with Gasteiger partial charge >= 0.3 is 35.6 Å². The van der Waals surface area contributed by atoms with E-state index in [1.54, 1.807) is 0 Å². The third-order valence-electron chi connectivity index (χ3n) is 0.354. The summed E-state index contributed by atoms with van der Waals surface area (Å²) in [6.07, 6.45) is 2.28. The van der Waals surface area contributed by atoms with Gasteiger partial charge in [-0.1, -0.05) is 13.3 Å². The summed E-state index contributed by atoms with van der Waals surface area (Å²) < 4.78 is 0. The van der Waals surface area contributed by atoms with Gasteiger partial charge in [-0.15, -0.1) is 0 Å². The molecule has 0 aliphatic carbocycles. The van der Waals surface area contributed by atoms with E-state index in [1.807, 2.05) is 0 Å². The largest absolute Gasteiger partial charge is 3.00 e. The van der Waals surface area contributed by atoms with E-state index in [1.165, 1.54) is 6.42 Å². The van der Waals surface area contributed by atoms with Gasteiger partial charge in [-0.25, -0.2) is 0 Å². The molecule has 0 bridgehead atoms. The van der Waals surface area contributed by atoms with Crippen LogP contribution in [0.25, 0.3) is 0 Å². The van der Waals surface area contributed by atoms with Gasteiger partial charge in [0.05, 0.1) is 0 Å². The van der Waals surface area contributed by atoms with Gasteiger partial charge in [0.1, 0.15) is 0 Å². The normalized spacial score (nSPS) is 5.00. The minimum atomic E-state index is 0. The van der Waals surface area contributed by atoms with Crippen molar-refractivity contribution < 1.29 is 41.1 Å². The Balaban J connectivity index is -0.0000000450. The van der Waals surface area contributed by atoms with Gasteiger partial charge in [0.25, 0.3) is 0 Å². The van der Waals surface area contributed by atoms with E-state index >= 15 is 0 Å². The Bertz CT molecular complexity index is 9.51. The van der Waals surface area contributed by atoms with Crippen molar-refractivity contribution in [1.82, 2.24) is 0 Å². The SMILES string of the molecule is [CH2-]CCC.[La+3].[O-2]. The minimum Gasteiger partial charge on any atom is -2.00 e. The van der Waals surface area contributed by atoms with E-state index in [9.17, 15) is 0 Å². The molecule has 0 heterocycles. The van der Waals surface area contributed by atoms with Crippen molar-refractivity contribution in [2.24, 2.45) is 0 Å². The second kappa shape index (κ2) is 16.4. The maximum Gasteiger partial charge on any atom is 3.00 e. The second-order valence-electron chi connectivity index (χ2n) is 0.854. The van der Waals surface area contributed by atoms with Gasteiger partial charge in [-0.2, -0.15) is 6.42 Å². The Morgan fingerprint density at radius 3 is 1.67 bits per heavy atom. The molecule has 0 unspecified atom stereocenters. The molecule has 0 fully saturated rings. The molecule has 0 aliphatic rings. The summed E-state index contributed by atoms with van der Waals surface area (Å²) in [7, 11) is 0. The minimum absolute atomic E-state index is 0. The summed E-state index contributed by atoms with van der Waals surface area (Å²) >= 11 is 0. The second-order valence-corrected chi connectivity index (χ2v) is 0.854. The summed E-state index contributed by atoms with van der Waals surface area (Å²) in [5.74, 6) is 0.